The molecule has 0 aromatic heterocycles. The van der Waals surface area contributed by atoms with E-state index in [4.69, 9.17) is 9.47 Å². The van der Waals surface area contributed by atoms with E-state index in [-0.39, 0.29) is 6.10 Å². The van der Waals surface area contributed by atoms with Gasteiger partial charge in [0.15, 0.2) is 6.10 Å². The van der Waals surface area contributed by atoms with Gasteiger partial charge in [0.25, 0.3) is 11.8 Å². The lowest BCUT2D eigenvalue weighted by molar-refractivity contribution is -0.129. The second-order valence-corrected chi connectivity index (χ2v) is 6.05. The number of hydrazine groups is 1. The highest BCUT2D eigenvalue weighted by molar-refractivity contribution is 5.96. The zero-order valence-electron chi connectivity index (χ0n) is 15.4. The molecule has 7 nitrogen and oxygen atoms in total. The van der Waals surface area contributed by atoms with Crippen LogP contribution in [0.3, 0.4) is 0 Å². The van der Waals surface area contributed by atoms with E-state index in [0.29, 0.717) is 16.9 Å². The summed E-state index contributed by atoms with van der Waals surface area (Å²) in [7, 11) is 0. The molecule has 0 heterocycles. The fourth-order valence-electron chi connectivity index (χ4n) is 2.11. The van der Waals surface area contributed by atoms with Gasteiger partial charge < -0.3 is 9.47 Å². The Balaban J connectivity index is 1.84. The van der Waals surface area contributed by atoms with Gasteiger partial charge in [-0.05, 0) is 57.2 Å². The molecular weight excluding hydrogens is 348 g/mol. The van der Waals surface area contributed by atoms with Crippen molar-refractivity contribution in [2.75, 3.05) is 0 Å². The largest absolute Gasteiger partial charge is 0.491 e. The molecule has 0 bridgehead atoms. The van der Waals surface area contributed by atoms with Crippen LogP contribution in [0.15, 0.2) is 54.6 Å². The lowest BCUT2D eigenvalue weighted by Gasteiger charge is -2.14. The molecule has 0 fully saturated rings. The number of carbonyl (C=O) groups is 3. The van der Waals surface area contributed by atoms with E-state index >= 15 is 0 Å². The first-order valence-corrected chi connectivity index (χ1v) is 8.49. The number of nitrogens with one attached hydrogen (secondary N) is 2. The average molecular weight is 370 g/mol. The zero-order chi connectivity index (χ0) is 19.8. The molecule has 7 heteroatoms. The molecule has 0 radical (unpaired) electrons. The summed E-state index contributed by atoms with van der Waals surface area (Å²) < 4.78 is 10.6. The van der Waals surface area contributed by atoms with E-state index in [9.17, 15) is 14.4 Å². The Bertz CT molecular complexity index is 788. The molecule has 2 aromatic rings. The van der Waals surface area contributed by atoms with Gasteiger partial charge in [0.1, 0.15) is 5.75 Å². The number of hydrogen-bond acceptors (Lipinski definition) is 5. The number of amides is 2. The molecular formula is C20H22N2O5. The average Bonchev–Trinajstić information content (AvgIpc) is 2.66. The Hall–Kier alpha value is -3.35. The molecule has 0 saturated heterocycles. The molecule has 2 N–H and O–H groups in total. The van der Waals surface area contributed by atoms with Gasteiger partial charge in [-0.25, -0.2) is 4.79 Å². The van der Waals surface area contributed by atoms with Crippen LogP contribution >= 0.6 is 0 Å². The number of esters is 1. The third kappa shape index (κ3) is 6.14. The van der Waals surface area contributed by atoms with E-state index in [1.54, 1.807) is 54.6 Å². The highest BCUT2D eigenvalue weighted by Crippen LogP contribution is 2.15. The van der Waals surface area contributed by atoms with Gasteiger partial charge in [0.2, 0.25) is 0 Å². The first-order chi connectivity index (χ1) is 12.9. The van der Waals surface area contributed by atoms with Crippen molar-refractivity contribution in [3.8, 4) is 5.75 Å². The van der Waals surface area contributed by atoms with Crippen LogP contribution in [0.2, 0.25) is 0 Å². The Morgan fingerprint density at radius 3 is 2.04 bits per heavy atom. The smallest absolute Gasteiger partial charge is 0.338 e. The SMILES string of the molecule is CC(C)Oc1ccc(C(=O)O[C@H](C)C(=O)NNC(=O)c2ccccc2)cc1. The normalized spacial score (nSPS) is 11.4. The molecule has 0 aliphatic heterocycles. The van der Waals surface area contributed by atoms with Gasteiger partial charge in [-0.3, -0.25) is 20.4 Å². The second-order valence-electron chi connectivity index (χ2n) is 6.05. The molecule has 1 atom stereocenters. The van der Waals surface area contributed by atoms with E-state index in [1.165, 1.54) is 6.92 Å². The molecule has 0 unspecified atom stereocenters. The van der Waals surface area contributed by atoms with Gasteiger partial charge in [0.05, 0.1) is 11.7 Å². The molecule has 0 spiro atoms. The molecule has 2 aromatic carbocycles. The van der Waals surface area contributed by atoms with Gasteiger partial charge in [-0.15, -0.1) is 0 Å². The van der Waals surface area contributed by atoms with Crippen LogP contribution < -0.4 is 15.6 Å². The van der Waals surface area contributed by atoms with Crippen molar-refractivity contribution >= 4 is 17.8 Å². The number of benzene rings is 2. The Labute approximate surface area is 157 Å². The monoisotopic (exact) mass is 370 g/mol. The molecule has 142 valence electrons. The van der Waals surface area contributed by atoms with Crippen molar-refractivity contribution in [3.63, 3.8) is 0 Å². The minimum atomic E-state index is -1.08. The first-order valence-electron chi connectivity index (χ1n) is 8.49. The minimum absolute atomic E-state index is 0.0256. The van der Waals surface area contributed by atoms with Gasteiger partial charge in [-0.1, -0.05) is 18.2 Å². The van der Waals surface area contributed by atoms with Crippen LogP contribution in [0.1, 0.15) is 41.5 Å². The van der Waals surface area contributed by atoms with Crippen molar-refractivity contribution in [1.82, 2.24) is 10.9 Å². The predicted octanol–water partition coefficient (Wildman–Crippen LogP) is 2.48. The minimum Gasteiger partial charge on any atom is -0.491 e. The fraction of sp³-hybridized carbons (Fsp3) is 0.250. The highest BCUT2D eigenvalue weighted by Gasteiger charge is 2.19. The lowest BCUT2D eigenvalue weighted by Crippen LogP contribution is -2.46. The summed E-state index contributed by atoms with van der Waals surface area (Å²) in [6, 6.07) is 14.8. The van der Waals surface area contributed by atoms with Crippen LogP contribution in [0.5, 0.6) is 5.75 Å². The lowest BCUT2D eigenvalue weighted by atomic mass is 10.2. The third-order valence-electron chi connectivity index (χ3n) is 3.45. The first kappa shape index (κ1) is 20.0. The third-order valence-corrected chi connectivity index (χ3v) is 3.45. The Morgan fingerprint density at radius 2 is 1.44 bits per heavy atom. The maximum atomic E-state index is 12.1. The van der Waals surface area contributed by atoms with Crippen LogP contribution in [0.25, 0.3) is 0 Å². The van der Waals surface area contributed by atoms with Gasteiger partial charge in [-0.2, -0.15) is 0 Å². The highest BCUT2D eigenvalue weighted by atomic mass is 16.5. The van der Waals surface area contributed by atoms with Crippen LogP contribution in [0, 0.1) is 0 Å². The molecule has 0 aliphatic rings. The number of hydrogen-bond donors (Lipinski definition) is 2. The zero-order valence-corrected chi connectivity index (χ0v) is 15.4. The van der Waals surface area contributed by atoms with Crippen molar-refractivity contribution in [3.05, 3.63) is 65.7 Å². The summed E-state index contributed by atoms with van der Waals surface area (Å²) in [5.74, 6) is -1.13. The van der Waals surface area contributed by atoms with Gasteiger partial charge in [0, 0.05) is 5.56 Å². The Kier molecular flexibility index (Phi) is 6.93. The molecule has 2 rings (SSSR count). The van der Waals surface area contributed by atoms with Crippen molar-refractivity contribution < 1.29 is 23.9 Å². The quantitative estimate of drug-likeness (QED) is 0.602. The molecule has 27 heavy (non-hydrogen) atoms. The maximum Gasteiger partial charge on any atom is 0.338 e. The number of carbonyl (C=O) groups excluding carboxylic acids is 3. The van der Waals surface area contributed by atoms with E-state index in [0.717, 1.165) is 0 Å². The summed E-state index contributed by atoms with van der Waals surface area (Å²) in [6.45, 7) is 5.22. The predicted molar refractivity (Wildman–Crippen MR) is 99.1 cm³/mol. The van der Waals surface area contributed by atoms with Crippen molar-refractivity contribution in [2.45, 2.75) is 33.0 Å². The van der Waals surface area contributed by atoms with Crippen LogP contribution in [-0.4, -0.2) is 30.0 Å². The molecule has 2 amide bonds. The summed E-state index contributed by atoms with van der Waals surface area (Å²) in [4.78, 5) is 36.0. The van der Waals surface area contributed by atoms with E-state index in [1.807, 2.05) is 13.8 Å². The molecule has 0 aliphatic carbocycles. The summed E-state index contributed by atoms with van der Waals surface area (Å²) in [6.07, 6.45) is -1.06. The Morgan fingerprint density at radius 1 is 0.815 bits per heavy atom. The van der Waals surface area contributed by atoms with E-state index in [2.05, 4.69) is 10.9 Å². The number of ether oxygens (including phenoxy) is 2. The van der Waals surface area contributed by atoms with Crippen LogP contribution in [0.4, 0.5) is 0 Å². The van der Waals surface area contributed by atoms with Crippen molar-refractivity contribution in [1.29, 1.82) is 0 Å². The molecule has 0 saturated carbocycles. The maximum absolute atomic E-state index is 12.1. The van der Waals surface area contributed by atoms with Crippen LogP contribution in [-0.2, 0) is 9.53 Å². The second kappa shape index (κ2) is 9.38. The van der Waals surface area contributed by atoms with E-state index < -0.39 is 23.9 Å². The fourth-order valence-corrected chi connectivity index (χ4v) is 2.11. The number of rotatable bonds is 6. The summed E-state index contributed by atoms with van der Waals surface area (Å²) in [5.41, 5.74) is 5.19. The van der Waals surface area contributed by atoms with Gasteiger partial charge >= 0.3 is 5.97 Å². The van der Waals surface area contributed by atoms with Crippen molar-refractivity contribution in [2.24, 2.45) is 0 Å². The standard InChI is InChI=1S/C20H22N2O5/c1-13(2)26-17-11-9-16(10-12-17)20(25)27-14(3)18(23)21-22-19(24)15-7-5-4-6-8-15/h4-14H,1-3H3,(H,21,23)(H,22,24)/t14-/m1/s1. The summed E-state index contributed by atoms with van der Waals surface area (Å²) in [5, 5.41) is 0. The topological polar surface area (TPSA) is 93.7 Å². The summed E-state index contributed by atoms with van der Waals surface area (Å²) >= 11 is 0.